The van der Waals surface area contributed by atoms with Crippen molar-refractivity contribution in [2.75, 3.05) is 18.4 Å². The van der Waals surface area contributed by atoms with Gasteiger partial charge in [0.2, 0.25) is 5.91 Å². The van der Waals surface area contributed by atoms with Crippen LogP contribution in [0.2, 0.25) is 0 Å². The highest BCUT2D eigenvalue weighted by Gasteiger charge is 2.17. The van der Waals surface area contributed by atoms with Gasteiger partial charge in [0.15, 0.2) is 0 Å². The lowest BCUT2D eigenvalue weighted by Crippen LogP contribution is -2.11. The van der Waals surface area contributed by atoms with E-state index in [0.29, 0.717) is 5.92 Å². The van der Waals surface area contributed by atoms with E-state index in [4.69, 9.17) is 0 Å². The van der Waals surface area contributed by atoms with Crippen molar-refractivity contribution in [3.05, 3.63) is 41.5 Å². The van der Waals surface area contributed by atoms with Crippen LogP contribution in [0.25, 0.3) is 0 Å². The number of anilines is 1. The summed E-state index contributed by atoms with van der Waals surface area (Å²) in [5.41, 5.74) is 3.62. The van der Waals surface area contributed by atoms with Gasteiger partial charge >= 0.3 is 0 Å². The van der Waals surface area contributed by atoms with Gasteiger partial charge in [0, 0.05) is 12.2 Å². The van der Waals surface area contributed by atoms with Crippen molar-refractivity contribution in [1.29, 1.82) is 0 Å². The number of aryl methyl sites for hydroxylation is 1. The van der Waals surface area contributed by atoms with Crippen molar-refractivity contribution in [2.24, 2.45) is 0 Å². The number of carbonyl (C=O) groups is 1. The van der Waals surface area contributed by atoms with Gasteiger partial charge in [-0.1, -0.05) is 31.6 Å². The molecule has 21 heavy (non-hydrogen) atoms. The molecule has 114 valence electrons. The average Bonchev–Trinajstić information content (AvgIpc) is 3.00. The highest BCUT2D eigenvalue weighted by Crippen LogP contribution is 2.27. The maximum absolute atomic E-state index is 11.8. The third-order valence-corrected chi connectivity index (χ3v) is 4.04. The van der Waals surface area contributed by atoms with Gasteiger partial charge in [-0.05, 0) is 61.9 Å². The topological polar surface area (TPSA) is 41.1 Å². The van der Waals surface area contributed by atoms with E-state index in [1.807, 2.05) is 6.92 Å². The van der Waals surface area contributed by atoms with E-state index in [0.717, 1.165) is 38.0 Å². The monoisotopic (exact) mass is 286 g/mol. The quantitative estimate of drug-likeness (QED) is 0.784. The Labute approximate surface area is 127 Å². The first-order chi connectivity index (χ1) is 10.2. The maximum atomic E-state index is 11.8. The summed E-state index contributed by atoms with van der Waals surface area (Å²) in [4.78, 5) is 11.8. The van der Waals surface area contributed by atoms with Crippen LogP contribution in [0.1, 0.15) is 50.2 Å². The first-order valence-corrected chi connectivity index (χ1v) is 8.01. The molecule has 1 atom stereocenters. The van der Waals surface area contributed by atoms with Gasteiger partial charge in [-0.15, -0.1) is 0 Å². The first-order valence-electron chi connectivity index (χ1n) is 8.01. The summed E-state index contributed by atoms with van der Waals surface area (Å²) < 4.78 is 0. The lowest BCUT2D eigenvalue weighted by Gasteiger charge is -2.15. The second kappa shape index (κ2) is 7.99. The summed E-state index contributed by atoms with van der Waals surface area (Å²) in [5.74, 6) is 0.566. The molecule has 2 N–H and O–H groups in total. The van der Waals surface area contributed by atoms with Crippen LogP contribution in [-0.4, -0.2) is 19.0 Å². The standard InChI is InChI=1S/C18H26N2O/c1-3-5-7-15-12-14(16-10-11-19-13-16)8-9-17(15)20-18(21)6-4-2/h4,6,8-9,12,16,19H,3,5,7,10-11,13H2,1-2H3,(H,20,21). The van der Waals surface area contributed by atoms with Crippen LogP contribution in [0.3, 0.4) is 0 Å². The Kier molecular flexibility index (Phi) is 6.00. The van der Waals surface area contributed by atoms with Crippen LogP contribution in [0.4, 0.5) is 5.69 Å². The number of nitrogens with one attached hydrogen (secondary N) is 2. The van der Waals surface area contributed by atoms with E-state index in [2.05, 4.69) is 35.8 Å². The van der Waals surface area contributed by atoms with Gasteiger partial charge in [-0.3, -0.25) is 4.79 Å². The smallest absolute Gasteiger partial charge is 0.248 e. The molecule has 0 aromatic heterocycles. The Morgan fingerprint density at radius 1 is 1.48 bits per heavy atom. The molecule has 1 aliphatic heterocycles. The third-order valence-electron chi connectivity index (χ3n) is 4.04. The zero-order valence-electron chi connectivity index (χ0n) is 13.1. The van der Waals surface area contributed by atoms with E-state index in [-0.39, 0.29) is 5.91 Å². The van der Waals surface area contributed by atoms with Gasteiger partial charge in [-0.25, -0.2) is 0 Å². The van der Waals surface area contributed by atoms with Crippen LogP contribution in [0.5, 0.6) is 0 Å². The van der Waals surface area contributed by atoms with E-state index in [1.54, 1.807) is 12.2 Å². The zero-order valence-corrected chi connectivity index (χ0v) is 13.1. The Morgan fingerprint density at radius 3 is 3.00 bits per heavy atom. The Hall–Kier alpha value is -1.61. The summed E-state index contributed by atoms with van der Waals surface area (Å²) in [5, 5.41) is 6.41. The van der Waals surface area contributed by atoms with Gasteiger partial charge in [0.25, 0.3) is 0 Å². The molecule has 0 bridgehead atoms. The van der Waals surface area contributed by atoms with Crippen molar-refractivity contribution in [3.8, 4) is 0 Å². The number of allylic oxidation sites excluding steroid dienone is 1. The molecule has 1 unspecified atom stereocenters. The summed E-state index contributed by atoms with van der Waals surface area (Å²) in [6.45, 7) is 6.23. The fourth-order valence-corrected chi connectivity index (χ4v) is 2.83. The summed E-state index contributed by atoms with van der Waals surface area (Å²) in [6, 6.07) is 6.52. The molecule has 1 heterocycles. The normalized spacial score (nSPS) is 18.3. The lowest BCUT2D eigenvalue weighted by molar-refractivity contribution is -0.111. The minimum atomic E-state index is -0.0504. The van der Waals surface area contributed by atoms with Crippen LogP contribution < -0.4 is 10.6 Å². The Morgan fingerprint density at radius 2 is 2.33 bits per heavy atom. The Bertz CT molecular complexity index is 502. The van der Waals surface area contributed by atoms with E-state index in [1.165, 1.54) is 17.5 Å². The highest BCUT2D eigenvalue weighted by atomic mass is 16.1. The van der Waals surface area contributed by atoms with Gasteiger partial charge in [0.05, 0.1) is 0 Å². The molecule has 2 rings (SSSR count). The molecule has 3 nitrogen and oxygen atoms in total. The van der Waals surface area contributed by atoms with Crippen LogP contribution in [-0.2, 0) is 11.2 Å². The molecule has 1 fully saturated rings. The molecule has 0 radical (unpaired) electrons. The summed E-state index contributed by atoms with van der Waals surface area (Å²) in [6.07, 6.45) is 7.88. The molecular formula is C18H26N2O. The van der Waals surface area contributed by atoms with Crippen LogP contribution in [0.15, 0.2) is 30.4 Å². The molecule has 0 aliphatic carbocycles. The van der Waals surface area contributed by atoms with E-state index in [9.17, 15) is 4.79 Å². The summed E-state index contributed by atoms with van der Waals surface area (Å²) >= 11 is 0. The Balaban J connectivity index is 2.19. The molecule has 1 saturated heterocycles. The molecule has 1 aromatic rings. The molecular weight excluding hydrogens is 260 g/mol. The van der Waals surface area contributed by atoms with Crippen LogP contribution >= 0.6 is 0 Å². The predicted molar refractivity (Wildman–Crippen MR) is 88.7 cm³/mol. The summed E-state index contributed by atoms with van der Waals surface area (Å²) in [7, 11) is 0. The van der Waals surface area contributed by atoms with Crippen molar-refractivity contribution < 1.29 is 4.79 Å². The fraction of sp³-hybridized carbons (Fsp3) is 0.500. The first kappa shape index (κ1) is 15.8. The van der Waals surface area contributed by atoms with Crippen LogP contribution in [0, 0.1) is 0 Å². The molecule has 0 spiro atoms. The maximum Gasteiger partial charge on any atom is 0.248 e. The van der Waals surface area contributed by atoms with E-state index >= 15 is 0 Å². The van der Waals surface area contributed by atoms with E-state index < -0.39 is 0 Å². The third kappa shape index (κ3) is 4.43. The fourth-order valence-electron chi connectivity index (χ4n) is 2.83. The van der Waals surface area contributed by atoms with Gasteiger partial charge in [-0.2, -0.15) is 0 Å². The van der Waals surface area contributed by atoms with Crippen molar-refractivity contribution in [1.82, 2.24) is 5.32 Å². The predicted octanol–water partition coefficient (Wildman–Crippen LogP) is 3.62. The van der Waals surface area contributed by atoms with Crippen molar-refractivity contribution in [3.63, 3.8) is 0 Å². The average molecular weight is 286 g/mol. The number of amides is 1. The molecule has 1 amide bonds. The zero-order chi connectivity index (χ0) is 15.1. The number of unbranched alkanes of at least 4 members (excludes halogenated alkanes) is 1. The lowest BCUT2D eigenvalue weighted by atomic mass is 9.94. The number of hydrogen-bond acceptors (Lipinski definition) is 2. The minimum absolute atomic E-state index is 0.0504. The molecule has 1 aliphatic rings. The largest absolute Gasteiger partial charge is 0.322 e. The van der Waals surface area contributed by atoms with Gasteiger partial charge < -0.3 is 10.6 Å². The van der Waals surface area contributed by atoms with Crippen molar-refractivity contribution in [2.45, 2.75) is 45.4 Å². The second-order valence-electron chi connectivity index (χ2n) is 5.70. The number of rotatable bonds is 6. The minimum Gasteiger partial charge on any atom is -0.322 e. The highest BCUT2D eigenvalue weighted by molar-refractivity contribution is 5.99. The second-order valence-corrected chi connectivity index (χ2v) is 5.70. The number of benzene rings is 1. The van der Waals surface area contributed by atoms with Crippen molar-refractivity contribution >= 4 is 11.6 Å². The number of hydrogen-bond donors (Lipinski definition) is 2. The molecule has 3 heteroatoms. The van der Waals surface area contributed by atoms with Gasteiger partial charge in [0.1, 0.15) is 0 Å². The molecule has 1 aromatic carbocycles. The number of carbonyl (C=O) groups excluding carboxylic acids is 1. The molecule has 0 saturated carbocycles. The SMILES string of the molecule is CC=CC(=O)Nc1ccc(C2CCNC2)cc1CCCC.